The van der Waals surface area contributed by atoms with Crippen molar-refractivity contribution in [2.24, 2.45) is 0 Å². The van der Waals surface area contributed by atoms with Crippen molar-refractivity contribution in [2.45, 2.75) is 25.1 Å². The highest BCUT2D eigenvalue weighted by Gasteiger charge is 2.29. The van der Waals surface area contributed by atoms with E-state index in [4.69, 9.17) is 0 Å². The van der Waals surface area contributed by atoms with Crippen molar-refractivity contribution in [3.63, 3.8) is 0 Å². The maximum atomic E-state index is 13.7. The van der Waals surface area contributed by atoms with Crippen LogP contribution in [0.3, 0.4) is 0 Å². The van der Waals surface area contributed by atoms with Crippen LogP contribution >= 0.6 is 27.7 Å². The van der Waals surface area contributed by atoms with E-state index in [1.165, 1.54) is 6.07 Å². The van der Waals surface area contributed by atoms with Crippen LogP contribution in [0.25, 0.3) is 0 Å². The first-order chi connectivity index (χ1) is 9.00. The van der Waals surface area contributed by atoms with Gasteiger partial charge < -0.3 is 10.2 Å². The minimum atomic E-state index is -0.435. The lowest BCUT2D eigenvalue weighted by Crippen LogP contribution is -2.49. The predicted octanol–water partition coefficient (Wildman–Crippen LogP) is 3.95. The summed E-state index contributed by atoms with van der Waals surface area (Å²) in [5, 5.41) is 3.05. The third kappa shape index (κ3) is 3.23. The molecule has 1 aliphatic heterocycles. The average molecular weight is 347 g/mol. The van der Waals surface area contributed by atoms with Crippen LogP contribution in [0.5, 0.6) is 0 Å². The number of rotatable bonds is 1. The van der Waals surface area contributed by atoms with Crippen LogP contribution in [-0.4, -0.2) is 34.5 Å². The summed E-state index contributed by atoms with van der Waals surface area (Å²) in [4.78, 5) is 14.0. The van der Waals surface area contributed by atoms with Crippen molar-refractivity contribution in [3.05, 3.63) is 28.5 Å². The Bertz CT molecular complexity index is 465. The molecule has 1 aromatic carbocycles. The Morgan fingerprint density at radius 1 is 1.53 bits per heavy atom. The van der Waals surface area contributed by atoms with Gasteiger partial charge in [-0.2, -0.15) is 11.8 Å². The van der Waals surface area contributed by atoms with Gasteiger partial charge in [0.15, 0.2) is 0 Å². The summed E-state index contributed by atoms with van der Waals surface area (Å²) in [5.74, 6) is 0.479. The molecule has 1 fully saturated rings. The molecule has 6 heteroatoms. The van der Waals surface area contributed by atoms with Crippen LogP contribution in [0.4, 0.5) is 14.9 Å². The fraction of sp³-hybridized carbons (Fsp3) is 0.462. The van der Waals surface area contributed by atoms with Crippen LogP contribution in [0.15, 0.2) is 22.7 Å². The minimum absolute atomic E-state index is 0.143. The van der Waals surface area contributed by atoms with E-state index < -0.39 is 5.82 Å². The Morgan fingerprint density at radius 3 is 2.95 bits per heavy atom. The molecule has 104 valence electrons. The number of anilines is 1. The van der Waals surface area contributed by atoms with E-state index in [9.17, 15) is 9.18 Å². The molecule has 1 aromatic rings. The van der Waals surface area contributed by atoms with Crippen molar-refractivity contribution < 1.29 is 9.18 Å². The van der Waals surface area contributed by atoms with E-state index in [0.717, 1.165) is 5.75 Å². The summed E-state index contributed by atoms with van der Waals surface area (Å²) in [7, 11) is 0. The molecule has 0 spiro atoms. The van der Waals surface area contributed by atoms with Crippen molar-refractivity contribution in [3.8, 4) is 0 Å². The molecule has 0 aliphatic carbocycles. The summed E-state index contributed by atoms with van der Waals surface area (Å²) < 4.78 is 14.2. The zero-order valence-electron chi connectivity index (χ0n) is 10.8. The number of hydrogen-bond acceptors (Lipinski definition) is 2. The third-order valence-corrected chi connectivity index (χ3v) is 5.34. The van der Waals surface area contributed by atoms with Gasteiger partial charge in [-0.3, -0.25) is 0 Å². The van der Waals surface area contributed by atoms with Gasteiger partial charge in [0.1, 0.15) is 5.82 Å². The lowest BCUT2D eigenvalue weighted by atomic mass is 10.2. The Morgan fingerprint density at radius 2 is 2.26 bits per heavy atom. The molecule has 2 amide bonds. The van der Waals surface area contributed by atoms with Crippen molar-refractivity contribution in [1.29, 1.82) is 0 Å². The standard InChI is InChI=1S/C13H16BrFN2OS/c1-8-9(2)19-7-6-17(8)13(18)16-12-10(14)4-3-5-11(12)15/h3-5,8-9H,6-7H2,1-2H3,(H,16,18)/t8-,9-/m0/s1. The maximum absolute atomic E-state index is 13.7. The van der Waals surface area contributed by atoms with Gasteiger partial charge in [-0.1, -0.05) is 13.0 Å². The lowest BCUT2D eigenvalue weighted by Gasteiger charge is -2.37. The highest BCUT2D eigenvalue weighted by Crippen LogP contribution is 2.28. The van der Waals surface area contributed by atoms with E-state index in [2.05, 4.69) is 28.2 Å². The molecule has 19 heavy (non-hydrogen) atoms. The topological polar surface area (TPSA) is 32.3 Å². The Labute approximate surface area is 125 Å². The fourth-order valence-corrected chi connectivity index (χ4v) is 3.56. The van der Waals surface area contributed by atoms with E-state index in [1.54, 1.807) is 17.0 Å². The summed E-state index contributed by atoms with van der Waals surface area (Å²) in [5.41, 5.74) is 0.200. The smallest absolute Gasteiger partial charge is 0.320 e. The molecule has 1 N–H and O–H groups in total. The predicted molar refractivity (Wildman–Crippen MR) is 81.2 cm³/mol. The van der Waals surface area contributed by atoms with Crippen LogP contribution in [0.1, 0.15) is 13.8 Å². The number of carbonyl (C=O) groups is 1. The molecule has 0 saturated carbocycles. The number of carbonyl (C=O) groups excluding carboxylic acids is 1. The highest BCUT2D eigenvalue weighted by molar-refractivity contribution is 9.10. The molecule has 0 unspecified atom stereocenters. The number of para-hydroxylation sites is 1. The summed E-state index contributed by atoms with van der Waals surface area (Å²) in [6, 6.07) is 4.53. The second-order valence-corrected chi connectivity index (χ2v) is 6.88. The largest absolute Gasteiger partial charge is 0.322 e. The molecule has 3 nitrogen and oxygen atoms in total. The number of nitrogens with one attached hydrogen (secondary N) is 1. The van der Waals surface area contributed by atoms with Gasteiger partial charge in [0.2, 0.25) is 0 Å². The molecule has 2 atom stereocenters. The normalized spacial score (nSPS) is 23.3. The highest BCUT2D eigenvalue weighted by atomic mass is 79.9. The van der Waals surface area contributed by atoms with Crippen LogP contribution in [0, 0.1) is 5.82 Å². The van der Waals surface area contributed by atoms with Gasteiger partial charge in [-0.15, -0.1) is 0 Å². The fourth-order valence-electron chi connectivity index (χ4n) is 2.02. The third-order valence-electron chi connectivity index (χ3n) is 3.34. The zero-order chi connectivity index (χ0) is 14.0. The van der Waals surface area contributed by atoms with Crippen LogP contribution < -0.4 is 5.32 Å². The van der Waals surface area contributed by atoms with E-state index in [-0.39, 0.29) is 17.8 Å². The molecule has 0 bridgehead atoms. The van der Waals surface area contributed by atoms with Crippen LogP contribution in [0.2, 0.25) is 0 Å². The van der Waals surface area contributed by atoms with Gasteiger partial charge in [0.05, 0.1) is 5.69 Å². The van der Waals surface area contributed by atoms with Crippen molar-refractivity contribution in [1.82, 2.24) is 4.90 Å². The number of amides is 2. The lowest BCUT2D eigenvalue weighted by molar-refractivity contribution is 0.194. The molecule has 1 aliphatic rings. The first-order valence-electron chi connectivity index (χ1n) is 6.14. The molecule has 0 aromatic heterocycles. The monoisotopic (exact) mass is 346 g/mol. The Kier molecular flexibility index (Phi) is 4.73. The quantitative estimate of drug-likeness (QED) is 0.834. The second kappa shape index (κ2) is 6.13. The molecule has 1 saturated heterocycles. The first kappa shape index (κ1) is 14.7. The minimum Gasteiger partial charge on any atom is -0.320 e. The number of halogens is 2. The van der Waals surface area contributed by atoms with Gasteiger partial charge in [-0.05, 0) is 35.0 Å². The maximum Gasteiger partial charge on any atom is 0.322 e. The second-order valence-electron chi connectivity index (χ2n) is 4.54. The van der Waals surface area contributed by atoms with Crippen LogP contribution in [-0.2, 0) is 0 Å². The Hall–Kier alpha value is -0.750. The summed E-state index contributed by atoms with van der Waals surface area (Å²) >= 11 is 5.10. The molecular weight excluding hydrogens is 331 g/mol. The number of thioether (sulfide) groups is 1. The average Bonchev–Trinajstić information content (AvgIpc) is 2.37. The summed E-state index contributed by atoms with van der Waals surface area (Å²) in [6.07, 6.45) is 0. The van der Waals surface area contributed by atoms with E-state index in [0.29, 0.717) is 16.3 Å². The number of hydrogen-bond donors (Lipinski definition) is 1. The van der Waals surface area contributed by atoms with E-state index >= 15 is 0 Å². The number of nitrogens with zero attached hydrogens (tertiary/aromatic N) is 1. The van der Waals surface area contributed by atoms with Crippen molar-refractivity contribution >= 4 is 39.4 Å². The SMILES string of the molecule is C[C@@H]1SCCN(C(=O)Nc2c(F)cccc2Br)[C@H]1C. The van der Waals surface area contributed by atoms with Gasteiger partial charge in [0, 0.05) is 28.1 Å². The van der Waals surface area contributed by atoms with Crippen molar-refractivity contribution in [2.75, 3.05) is 17.6 Å². The molecule has 2 rings (SSSR count). The van der Waals surface area contributed by atoms with Gasteiger partial charge in [0.25, 0.3) is 0 Å². The zero-order valence-corrected chi connectivity index (χ0v) is 13.2. The first-order valence-corrected chi connectivity index (χ1v) is 7.98. The number of urea groups is 1. The summed E-state index contributed by atoms with van der Waals surface area (Å²) in [6.45, 7) is 4.81. The Balaban J connectivity index is 2.13. The van der Waals surface area contributed by atoms with Gasteiger partial charge in [-0.25, -0.2) is 9.18 Å². The van der Waals surface area contributed by atoms with Gasteiger partial charge >= 0.3 is 6.03 Å². The van der Waals surface area contributed by atoms with E-state index in [1.807, 2.05) is 18.7 Å². The number of benzene rings is 1. The molecular formula is C13H16BrFN2OS. The molecule has 1 heterocycles. The molecule has 0 radical (unpaired) electrons.